The van der Waals surface area contributed by atoms with Crippen LogP contribution in [0.2, 0.25) is 0 Å². The third-order valence-electron chi connectivity index (χ3n) is 3.80. The fourth-order valence-electron chi connectivity index (χ4n) is 2.59. The summed E-state index contributed by atoms with van der Waals surface area (Å²) in [4.78, 5) is 14.2. The first-order valence-corrected chi connectivity index (χ1v) is 7.24. The molecule has 1 fully saturated rings. The summed E-state index contributed by atoms with van der Waals surface area (Å²) in [5.41, 5.74) is 2.34. The van der Waals surface area contributed by atoms with Gasteiger partial charge >= 0.3 is 0 Å². The topological polar surface area (TPSA) is 47.4 Å². The zero-order chi connectivity index (χ0) is 15.7. The number of carbonyl (C=O) groups excluding carboxylic acids is 1. The summed E-state index contributed by atoms with van der Waals surface area (Å²) in [6.07, 6.45) is 0. The number of benzene rings is 1. The maximum Gasteiger partial charge on any atom is 0.274 e. The molecule has 1 saturated heterocycles. The summed E-state index contributed by atoms with van der Waals surface area (Å²) in [6, 6.07) is 6.56. The monoisotopic (exact) mass is 303 g/mol. The maximum absolute atomic E-state index is 14.0. The average molecular weight is 303 g/mol. The van der Waals surface area contributed by atoms with Gasteiger partial charge in [-0.15, -0.1) is 0 Å². The number of rotatable bonds is 2. The Morgan fingerprint density at radius 3 is 2.73 bits per heavy atom. The second-order valence-corrected chi connectivity index (χ2v) is 5.43. The van der Waals surface area contributed by atoms with Gasteiger partial charge in [0.15, 0.2) is 5.69 Å². The zero-order valence-corrected chi connectivity index (χ0v) is 12.7. The predicted octanol–water partition coefficient (Wildman–Crippen LogP) is 2.01. The maximum atomic E-state index is 14.0. The van der Waals surface area contributed by atoms with Crippen molar-refractivity contribution < 1.29 is 13.9 Å². The number of aromatic nitrogens is 2. The number of halogens is 1. The summed E-state index contributed by atoms with van der Waals surface area (Å²) in [5.74, 6) is -0.461. The third-order valence-corrected chi connectivity index (χ3v) is 3.80. The minimum Gasteiger partial charge on any atom is -0.378 e. The Hall–Kier alpha value is -2.21. The van der Waals surface area contributed by atoms with E-state index in [1.165, 1.54) is 6.07 Å². The molecule has 1 aromatic carbocycles. The lowest BCUT2D eigenvalue weighted by Crippen LogP contribution is -2.40. The van der Waals surface area contributed by atoms with Crippen LogP contribution in [0.5, 0.6) is 0 Å². The van der Waals surface area contributed by atoms with Crippen molar-refractivity contribution in [3.8, 4) is 11.3 Å². The highest BCUT2D eigenvalue weighted by Crippen LogP contribution is 2.25. The molecule has 0 aliphatic carbocycles. The van der Waals surface area contributed by atoms with Crippen LogP contribution in [0.25, 0.3) is 11.3 Å². The van der Waals surface area contributed by atoms with Gasteiger partial charge in [-0.1, -0.05) is 11.6 Å². The second kappa shape index (κ2) is 5.88. The Labute approximate surface area is 128 Å². The van der Waals surface area contributed by atoms with Gasteiger partial charge in [-0.05, 0) is 25.1 Å². The predicted molar refractivity (Wildman–Crippen MR) is 80.1 cm³/mol. The molecular weight excluding hydrogens is 285 g/mol. The lowest BCUT2D eigenvalue weighted by molar-refractivity contribution is 0.0298. The molecule has 0 atom stereocenters. The fraction of sp³-hybridized carbons (Fsp3) is 0.375. The SMILES string of the molecule is Cc1ccc(F)c(-c2cc(C(=O)N3CCOCC3)nn2C)c1. The summed E-state index contributed by atoms with van der Waals surface area (Å²) in [6.45, 7) is 4.10. The summed E-state index contributed by atoms with van der Waals surface area (Å²) in [7, 11) is 1.72. The third kappa shape index (κ3) is 2.74. The number of aryl methyl sites for hydroxylation is 2. The van der Waals surface area contributed by atoms with E-state index >= 15 is 0 Å². The minimum atomic E-state index is -0.320. The molecule has 0 radical (unpaired) electrons. The van der Waals surface area contributed by atoms with Crippen LogP contribution in [-0.4, -0.2) is 46.9 Å². The molecule has 1 amide bonds. The van der Waals surface area contributed by atoms with E-state index < -0.39 is 0 Å². The van der Waals surface area contributed by atoms with Crippen LogP contribution in [0.15, 0.2) is 24.3 Å². The van der Waals surface area contributed by atoms with E-state index in [0.29, 0.717) is 43.3 Å². The van der Waals surface area contributed by atoms with Crippen molar-refractivity contribution in [3.63, 3.8) is 0 Å². The largest absolute Gasteiger partial charge is 0.378 e. The molecule has 116 valence electrons. The first-order valence-electron chi connectivity index (χ1n) is 7.24. The van der Waals surface area contributed by atoms with Gasteiger partial charge in [0.25, 0.3) is 5.91 Å². The zero-order valence-electron chi connectivity index (χ0n) is 12.7. The molecule has 0 bridgehead atoms. The van der Waals surface area contributed by atoms with Crippen molar-refractivity contribution in [2.45, 2.75) is 6.92 Å². The molecule has 1 aliphatic rings. The minimum absolute atomic E-state index is 0.141. The van der Waals surface area contributed by atoms with E-state index in [9.17, 15) is 9.18 Å². The molecular formula is C16H18FN3O2. The van der Waals surface area contributed by atoms with Crippen LogP contribution >= 0.6 is 0 Å². The number of amides is 1. The van der Waals surface area contributed by atoms with Crippen molar-refractivity contribution in [2.75, 3.05) is 26.3 Å². The molecule has 3 rings (SSSR count). The van der Waals surface area contributed by atoms with Crippen LogP contribution < -0.4 is 0 Å². The number of hydrogen-bond acceptors (Lipinski definition) is 3. The quantitative estimate of drug-likeness (QED) is 0.852. The van der Waals surface area contributed by atoms with Gasteiger partial charge in [-0.3, -0.25) is 9.48 Å². The van der Waals surface area contributed by atoms with E-state index in [1.54, 1.807) is 34.8 Å². The van der Waals surface area contributed by atoms with Crippen LogP contribution in [0.4, 0.5) is 4.39 Å². The van der Waals surface area contributed by atoms with Crippen molar-refractivity contribution in [3.05, 3.63) is 41.3 Å². The normalized spacial score (nSPS) is 15.1. The Balaban J connectivity index is 1.93. The molecule has 22 heavy (non-hydrogen) atoms. The molecule has 5 nitrogen and oxygen atoms in total. The number of morpholine rings is 1. The van der Waals surface area contributed by atoms with Crippen LogP contribution in [-0.2, 0) is 11.8 Å². The highest BCUT2D eigenvalue weighted by molar-refractivity contribution is 5.93. The standard InChI is InChI=1S/C16H18FN3O2/c1-11-3-4-13(17)12(9-11)15-10-14(18-19(15)2)16(21)20-5-7-22-8-6-20/h3-4,9-10H,5-8H2,1-2H3. The number of carbonyl (C=O) groups is 1. The lowest BCUT2D eigenvalue weighted by Gasteiger charge is -2.25. The van der Waals surface area contributed by atoms with Crippen molar-refractivity contribution >= 4 is 5.91 Å². The van der Waals surface area contributed by atoms with Gasteiger partial charge in [-0.2, -0.15) is 5.10 Å². The van der Waals surface area contributed by atoms with Gasteiger partial charge in [0.1, 0.15) is 5.82 Å². The Kier molecular flexibility index (Phi) is 3.94. The van der Waals surface area contributed by atoms with Crippen LogP contribution in [0, 0.1) is 12.7 Å². The second-order valence-electron chi connectivity index (χ2n) is 5.43. The van der Waals surface area contributed by atoms with E-state index in [4.69, 9.17) is 4.74 Å². The molecule has 0 N–H and O–H groups in total. The van der Waals surface area contributed by atoms with Gasteiger partial charge in [0.2, 0.25) is 0 Å². The lowest BCUT2D eigenvalue weighted by atomic mass is 10.1. The summed E-state index contributed by atoms with van der Waals surface area (Å²) < 4.78 is 20.8. The summed E-state index contributed by atoms with van der Waals surface area (Å²) >= 11 is 0. The van der Waals surface area contributed by atoms with Crippen molar-refractivity contribution in [1.29, 1.82) is 0 Å². The van der Waals surface area contributed by atoms with E-state index in [0.717, 1.165) is 5.56 Å². The van der Waals surface area contributed by atoms with Crippen molar-refractivity contribution in [1.82, 2.24) is 14.7 Å². The van der Waals surface area contributed by atoms with E-state index in [2.05, 4.69) is 5.10 Å². The molecule has 6 heteroatoms. The van der Waals surface area contributed by atoms with E-state index in [1.807, 2.05) is 6.92 Å². The summed E-state index contributed by atoms with van der Waals surface area (Å²) in [5, 5.41) is 4.25. The number of ether oxygens (including phenoxy) is 1. The Morgan fingerprint density at radius 2 is 2.00 bits per heavy atom. The van der Waals surface area contributed by atoms with E-state index in [-0.39, 0.29) is 11.7 Å². The van der Waals surface area contributed by atoms with Gasteiger partial charge in [-0.25, -0.2) is 4.39 Å². The van der Waals surface area contributed by atoms with Gasteiger partial charge in [0.05, 0.1) is 18.9 Å². The van der Waals surface area contributed by atoms with Gasteiger partial charge < -0.3 is 9.64 Å². The number of hydrogen-bond donors (Lipinski definition) is 0. The average Bonchev–Trinajstić information content (AvgIpc) is 2.91. The Morgan fingerprint density at radius 1 is 1.27 bits per heavy atom. The Bertz CT molecular complexity index is 705. The highest BCUT2D eigenvalue weighted by Gasteiger charge is 2.22. The molecule has 0 saturated carbocycles. The molecule has 1 aromatic heterocycles. The molecule has 2 heterocycles. The first kappa shape index (κ1) is 14.7. The molecule has 0 spiro atoms. The van der Waals surface area contributed by atoms with Crippen molar-refractivity contribution in [2.24, 2.45) is 7.05 Å². The smallest absolute Gasteiger partial charge is 0.274 e. The highest BCUT2D eigenvalue weighted by atomic mass is 19.1. The number of nitrogens with zero attached hydrogens (tertiary/aromatic N) is 3. The fourth-order valence-corrected chi connectivity index (χ4v) is 2.59. The van der Waals surface area contributed by atoms with Crippen LogP contribution in [0.3, 0.4) is 0 Å². The molecule has 1 aliphatic heterocycles. The molecule has 0 unspecified atom stereocenters. The van der Waals surface area contributed by atoms with Gasteiger partial charge in [0, 0.05) is 25.7 Å². The molecule has 2 aromatic rings. The van der Waals surface area contributed by atoms with Crippen LogP contribution in [0.1, 0.15) is 16.1 Å². The first-order chi connectivity index (χ1) is 10.6.